The number of carbonyl (C=O) groups is 1. The van der Waals surface area contributed by atoms with Gasteiger partial charge in [-0.2, -0.15) is 0 Å². The largest absolute Gasteiger partial charge is 0.324 e. The third kappa shape index (κ3) is 6.69. The van der Waals surface area contributed by atoms with E-state index in [1.54, 1.807) is 23.1 Å². The van der Waals surface area contributed by atoms with Crippen LogP contribution >= 0.6 is 34.7 Å². The van der Waals surface area contributed by atoms with Crippen LogP contribution in [-0.4, -0.2) is 70.6 Å². The summed E-state index contributed by atoms with van der Waals surface area (Å²) in [6.07, 6.45) is 9.18. The standard InChI is InChI=1S/C28H35ClN4OS2/c1-4-6-7-10-22(5-2)27-30-23(19-35-27)18-32-14-12-31(13-15-32)16-17-33-25(34)20-36-28(33)26-21(3)9-8-11-24(26)29/h5-11,19,28H,2,4,12-18,20H2,1,3H3/b7-6-,22-10+. The molecule has 1 aromatic carbocycles. The number of amides is 1. The molecular weight excluding hydrogens is 508 g/mol. The van der Waals surface area contributed by atoms with Crippen LogP contribution in [0.2, 0.25) is 5.02 Å². The van der Waals surface area contributed by atoms with Crippen LogP contribution in [0.1, 0.15) is 40.5 Å². The zero-order valence-electron chi connectivity index (χ0n) is 21.2. The number of thioether (sulfide) groups is 1. The summed E-state index contributed by atoms with van der Waals surface area (Å²) in [7, 11) is 0. The minimum Gasteiger partial charge on any atom is -0.324 e. The molecule has 2 aliphatic rings. The van der Waals surface area contributed by atoms with Crippen LogP contribution in [0.3, 0.4) is 0 Å². The van der Waals surface area contributed by atoms with Crippen LogP contribution < -0.4 is 0 Å². The summed E-state index contributed by atoms with van der Waals surface area (Å²) >= 11 is 9.89. The molecule has 2 fully saturated rings. The number of nitrogens with zero attached hydrogens (tertiary/aromatic N) is 4. The predicted molar refractivity (Wildman–Crippen MR) is 155 cm³/mol. The summed E-state index contributed by atoms with van der Waals surface area (Å²) in [5.41, 5.74) is 4.42. The monoisotopic (exact) mass is 542 g/mol. The van der Waals surface area contributed by atoms with Gasteiger partial charge in [-0.25, -0.2) is 4.98 Å². The van der Waals surface area contributed by atoms with E-state index in [0.29, 0.717) is 5.75 Å². The summed E-state index contributed by atoms with van der Waals surface area (Å²) < 4.78 is 0. The molecule has 0 radical (unpaired) electrons. The number of piperazine rings is 1. The third-order valence-corrected chi connectivity index (χ3v) is 9.15. The van der Waals surface area contributed by atoms with Gasteiger partial charge < -0.3 is 4.90 Å². The summed E-state index contributed by atoms with van der Waals surface area (Å²) in [5, 5.41) is 3.95. The molecule has 0 N–H and O–H groups in total. The lowest BCUT2D eigenvalue weighted by molar-refractivity contribution is -0.128. The normalized spacial score (nSPS) is 20.1. The quantitative estimate of drug-likeness (QED) is 0.343. The Morgan fingerprint density at radius 1 is 1.22 bits per heavy atom. The van der Waals surface area contributed by atoms with Gasteiger partial charge >= 0.3 is 0 Å². The zero-order valence-corrected chi connectivity index (χ0v) is 23.5. The Morgan fingerprint density at radius 3 is 2.72 bits per heavy atom. The molecule has 1 amide bonds. The van der Waals surface area contributed by atoms with Gasteiger partial charge in [-0.05, 0) is 25.0 Å². The Labute approximate surface area is 228 Å². The van der Waals surface area contributed by atoms with Crippen LogP contribution in [0.5, 0.6) is 0 Å². The van der Waals surface area contributed by atoms with Gasteiger partial charge in [0, 0.05) is 67.4 Å². The lowest BCUT2D eigenvalue weighted by Crippen LogP contribution is -2.48. The van der Waals surface area contributed by atoms with Crippen molar-refractivity contribution in [1.82, 2.24) is 19.7 Å². The Bertz CT molecular complexity index is 1100. The second-order valence-corrected chi connectivity index (χ2v) is 11.5. The zero-order chi connectivity index (χ0) is 25.5. The summed E-state index contributed by atoms with van der Waals surface area (Å²) in [6.45, 7) is 14.7. The highest BCUT2D eigenvalue weighted by molar-refractivity contribution is 8.00. The lowest BCUT2D eigenvalue weighted by atomic mass is 10.1. The minimum absolute atomic E-state index is 0.0123. The molecule has 0 bridgehead atoms. The molecule has 0 spiro atoms. The van der Waals surface area contributed by atoms with Gasteiger partial charge in [0.2, 0.25) is 5.91 Å². The molecule has 36 heavy (non-hydrogen) atoms. The number of thiazole rings is 1. The van der Waals surface area contributed by atoms with Crippen molar-refractivity contribution in [2.24, 2.45) is 0 Å². The van der Waals surface area contributed by atoms with Gasteiger partial charge in [0.15, 0.2) is 0 Å². The summed E-state index contributed by atoms with van der Waals surface area (Å²) in [6, 6.07) is 5.97. The van der Waals surface area contributed by atoms with E-state index in [0.717, 1.165) is 84.7 Å². The Hall–Kier alpha value is -1.90. The van der Waals surface area contributed by atoms with Crippen molar-refractivity contribution in [1.29, 1.82) is 0 Å². The van der Waals surface area contributed by atoms with Gasteiger partial charge in [-0.3, -0.25) is 14.6 Å². The average Bonchev–Trinajstić information content (AvgIpc) is 3.48. The van der Waals surface area contributed by atoms with Crippen molar-refractivity contribution in [2.75, 3.05) is 45.0 Å². The van der Waals surface area contributed by atoms with Crippen molar-refractivity contribution in [3.05, 3.63) is 81.3 Å². The van der Waals surface area contributed by atoms with Crippen molar-refractivity contribution < 1.29 is 4.79 Å². The molecule has 0 aliphatic carbocycles. The van der Waals surface area contributed by atoms with Crippen LogP contribution in [-0.2, 0) is 11.3 Å². The Morgan fingerprint density at radius 2 is 2.00 bits per heavy atom. The second-order valence-electron chi connectivity index (χ2n) is 9.15. The van der Waals surface area contributed by atoms with Gasteiger partial charge in [0.25, 0.3) is 0 Å². The lowest BCUT2D eigenvalue weighted by Gasteiger charge is -2.36. The maximum absolute atomic E-state index is 12.7. The number of allylic oxidation sites excluding steroid dienone is 5. The van der Waals surface area contributed by atoms with Crippen LogP contribution in [0.15, 0.2) is 54.5 Å². The van der Waals surface area contributed by atoms with Gasteiger partial charge in [-0.15, -0.1) is 23.1 Å². The van der Waals surface area contributed by atoms with Gasteiger partial charge in [-0.1, -0.05) is 61.5 Å². The first-order valence-corrected chi connectivity index (χ1v) is 14.9. The van der Waals surface area contributed by atoms with E-state index in [-0.39, 0.29) is 11.3 Å². The number of hydrogen-bond acceptors (Lipinski definition) is 6. The molecule has 2 saturated heterocycles. The predicted octanol–water partition coefficient (Wildman–Crippen LogP) is 6.03. The van der Waals surface area contributed by atoms with E-state index in [2.05, 4.69) is 59.9 Å². The average molecular weight is 543 g/mol. The molecule has 192 valence electrons. The SMILES string of the molecule is C=C/C(=C\C=C/CC)c1nc(CN2CCN(CCN3C(=O)CSC3c3c(C)cccc3Cl)CC2)cs1. The van der Waals surface area contributed by atoms with Crippen LogP contribution in [0, 0.1) is 6.92 Å². The highest BCUT2D eigenvalue weighted by atomic mass is 35.5. The molecule has 8 heteroatoms. The molecule has 3 heterocycles. The fourth-order valence-corrected chi connectivity index (χ4v) is 7.16. The fraction of sp³-hybridized carbons (Fsp3) is 0.429. The Kier molecular flexibility index (Phi) is 9.85. The van der Waals surface area contributed by atoms with E-state index in [9.17, 15) is 4.79 Å². The van der Waals surface area contributed by atoms with E-state index in [4.69, 9.17) is 16.6 Å². The fourth-order valence-electron chi connectivity index (χ4n) is 4.59. The number of aromatic nitrogens is 1. The van der Waals surface area contributed by atoms with Crippen LogP contribution in [0.4, 0.5) is 0 Å². The highest BCUT2D eigenvalue weighted by Crippen LogP contribution is 2.42. The third-order valence-electron chi connectivity index (χ3n) is 6.66. The first kappa shape index (κ1) is 27.1. The number of hydrogen-bond donors (Lipinski definition) is 0. The summed E-state index contributed by atoms with van der Waals surface area (Å²) in [4.78, 5) is 24.5. The van der Waals surface area contributed by atoms with Crippen molar-refractivity contribution >= 4 is 46.2 Å². The maximum atomic E-state index is 12.7. The van der Waals surface area contributed by atoms with E-state index >= 15 is 0 Å². The maximum Gasteiger partial charge on any atom is 0.233 e. The second kappa shape index (κ2) is 13.1. The molecule has 0 saturated carbocycles. The molecule has 1 aromatic heterocycles. The van der Waals surface area contributed by atoms with Crippen molar-refractivity contribution in [2.45, 2.75) is 32.2 Å². The first-order valence-electron chi connectivity index (χ1n) is 12.5. The topological polar surface area (TPSA) is 39.7 Å². The van der Waals surface area contributed by atoms with Gasteiger partial charge in [0.1, 0.15) is 10.4 Å². The van der Waals surface area contributed by atoms with Gasteiger partial charge in [0.05, 0.1) is 11.4 Å². The van der Waals surface area contributed by atoms with E-state index in [1.807, 2.05) is 23.1 Å². The molecular formula is C28H35ClN4OS2. The number of rotatable bonds is 10. The van der Waals surface area contributed by atoms with Crippen molar-refractivity contribution in [3.8, 4) is 0 Å². The molecule has 5 nitrogen and oxygen atoms in total. The number of carbonyl (C=O) groups excluding carboxylic acids is 1. The molecule has 1 atom stereocenters. The number of benzene rings is 1. The highest BCUT2D eigenvalue weighted by Gasteiger charge is 2.35. The van der Waals surface area contributed by atoms with Crippen molar-refractivity contribution in [3.63, 3.8) is 0 Å². The first-order chi connectivity index (χ1) is 17.5. The Balaban J connectivity index is 1.27. The molecule has 2 aromatic rings. The molecule has 2 aliphatic heterocycles. The van der Waals surface area contributed by atoms with Crippen LogP contribution in [0.25, 0.3) is 5.57 Å². The van der Waals surface area contributed by atoms with E-state index in [1.165, 1.54) is 0 Å². The number of aryl methyl sites for hydroxylation is 1. The smallest absolute Gasteiger partial charge is 0.233 e. The molecule has 4 rings (SSSR count). The number of halogens is 1. The summed E-state index contributed by atoms with van der Waals surface area (Å²) in [5.74, 6) is 0.733. The van der Waals surface area contributed by atoms with E-state index < -0.39 is 0 Å². The molecule has 1 unspecified atom stereocenters. The minimum atomic E-state index is 0.0123.